The zero-order chi connectivity index (χ0) is 11.4. The van der Waals surface area contributed by atoms with Gasteiger partial charge in [0.1, 0.15) is 0 Å². The van der Waals surface area contributed by atoms with E-state index < -0.39 is 5.82 Å². The SMILES string of the molecule is Fc1c(Cl)cccc1NCCC1OCCO1. The minimum Gasteiger partial charge on any atom is -0.382 e. The Kier molecular flexibility index (Phi) is 3.98. The van der Waals surface area contributed by atoms with E-state index in [0.29, 0.717) is 31.9 Å². The van der Waals surface area contributed by atoms with E-state index in [9.17, 15) is 4.39 Å². The zero-order valence-electron chi connectivity index (χ0n) is 8.71. The minimum atomic E-state index is -0.419. The lowest BCUT2D eigenvalue weighted by molar-refractivity contribution is -0.0439. The van der Waals surface area contributed by atoms with Crippen LogP contribution in [0.3, 0.4) is 0 Å². The van der Waals surface area contributed by atoms with Crippen LogP contribution in [0, 0.1) is 5.82 Å². The Labute approximate surface area is 98.5 Å². The number of benzene rings is 1. The summed E-state index contributed by atoms with van der Waals surface area (Å²) < 4.78 is 24.0. The molecule has 2 rings (SSSR count). The molecule has 1 aliphatic heterocycles. The van der Waals surface area contributed by atoms with Crippen LogP contribution in [0.1, 0.15) is 6.42 Å². The topological polar surface area (TPSA) is 30.5 Å². The maximum Gasteiger partial charge on any atom is 0.164 e. The number of hydrogen-bond donors (Lipinski definition) is 1. The third-order valence-electron chi connectivity index (χ3n) is 2.34. The van der Waals surface area contributed by atoms with Gasteiger partial charge < -0.3 is 14.8 Å². The largest absolute Gasteiger partial charge is 0.382 e. The van der Waals surface area contributed by atoms with Crippen LogP contribution in [-0.2, 0) is 9.47 Å². The van der Waals surface area contributed by atoms with E-state index in [-0.39, 0.29) is 11.3 Å². The Bertz CT molecular complexity index is 356. The first-order chi connectivity index (χ1) is 7.77. The van der Waals surface area contributed by atoms with Crippen LogP contribution < -0.4 is 5.32 Å². The standard InChI is InChI=1S/C11H13ClFNO2/c12-8-2-1-3-9(11(8)13)14-5-4-10-15-6-7-16-10/h1-3,10,14H,4-7H2. The highest BCUT2D eigenvalue weighted by Crippen LogP contribution is 2.22. The fourth-order valence-electron chi connectivity index (χ4n) is 1.54. The fraction of sp³-hybridized carbons (Fsp3) is 0.455. The predicted octanol–water partition coefficient (Wildman–Crippen LogP) is 2.65. The summed E-state index contributed by atoms with van der Waals surface area (Å²) in [7, 11) is 0. The third kappa shape index (κ3) is 2.84. The van der Waals surface area contributed by atoms with E-state index in [1.54, 1.807) is 12.1 Å². The Morgan fingerprint density at radius 1 is 1.38 bits per heavy atom. The van der Waals surface area contributed by atoms with Crippen molar-refractivity contribution in [3.8, 4) is 0 Å². The van der Waals surface area contributed by atoms with Gasteiger partial charge in [0.2, 0.25) is 0 Å². The van der Waals surface area contributed by atoms with Crippen molar-refractivity contribution >= 4 is 17.3 Å². The second-order valence-electron chi connectivity index (χ2n) is 3.49. The number of anilines is 1. The van der Waals surface area contributed by atoms with Crippen LogP contribution in [0.25, 0.3) is 0 Å². The predicted molar refractivity (Wildman–Crippen MR) is 60.2 cm³/mol. The van der Waals surface area contributed by atoms with Gasteiger partial charge in [-0.05, 0) is 12.1 Å². The molecule has 1 N–H and O–H groups in total. The number of halogens is 2. The Hall–Kier alpha value is -0.840. The van der Waals surface area contributed by atoms with E-state index in [0.717, 1.165) is 0 Å². The summed E-state index contributed by atoms with van der Waals surface area (Å²) in [5.74, 6) is -0.419. The smallest absolute Gasteiger partial charge is 0.164 e. The number of nitrogens with one attached hydrogen (secondary N) is 1. The molecule has 1 fully saturated rings. The molecule has 3 nitrogen and oxygen atoms in total. The maximum atomic E-state index is 13.4. The lowest BCUT2D eigenvalue weighted by Crippen LogP contribution is -2.14. The van der Waals surface area contributed by atoms with Crippen LogP contribution in [0.2, 0.25) is 5.02 Å². The lowest BCUT2D eigenvalue weighted by atomic mass is 10.3. The van der Waals surface area contributed by atoms with Gasteiger partial charge in [-0.25, -0.2) is 4.39 Å². The van der Waals surface area contributed by atoms with E-state index >= 15 is 0 Å². The average molecular weight is 246 g/mol. The number of hydrogen-bond acceptors (Lipinski definition) is 3. The molecule has 1 aromatic carbocycles. The van der Waals surface area contributed by atoms with Gasteiger partial charge in [-0.3, -0.25) is 0 Å². The summed E-state index contributed by atoms with van der Waals surface area (Å²) in [5, 5.41) is 3.08. The van der Waals surface area contributed by atoms with E-state index in [1.165, 1.54) is 6.07 Å². The van der Waals surface area contributed by atoms with Gasteiger partial charge in [0, 0.05) is 13.0 Å². The van der Waals surface area contributed by atoms with Crippen molar-refractivity contribution in [2.45, 2.75) is 12.7 Å². The first-order valence-corrected chi connectivity index (χ1v) is 5.56. The number of rotatable bonds is 4. The highest BCUT2D eigenvalue weighted by molar-refractivity contribution is 6.31. The van der Waals surface area contributed by atoms with Crippen LogP contribution in [0.5, 0.6) is 0 Å². The molecular formula is C11H13ClFNO2. The van der Waals surface area contributed by atoms with Crippen molar-refractivity contribution in [2.24, 2.45) is 0 Å². The van der Waals surface area contributed by atoms with Crippen molar-refractivity contribution in [3.63, 3.8) is 0 Å². The molecule has 0 atom stereocenters. The first kappa shape index (κ1) is 11.6. The van der Waals surface area contributed by atoms with Crippen molar-refractivity contribution in [2.75, 3.05) is 25.1 Å². The monoisotopic (exact) mass is 245 g/mol. The molecular weight excluding hydrogens is 233 g/mol. The van der Waals surface area contributed by atoms with Gasteiger partial charge in [0.25, 0.3) is 0 Å². The van der Waals surface area contributed by atoms with Gasteiger partial charge in [-0.15, -0.1) is 0 Å². The molecule has 88 valence electrons. The highest BCUT2D eigenvalue weighted by atomic mass is 35.5. The van der Waals surface area contributed by atoms with E-state index in [1.807, 2.05) is 0 Å². The van der Waals surface area contributed by atoms with Crippen LogP contribution in [0.4, 0.5) is 10.1 Å². The quantitative estimate of drug-likeness (QED) is 0.885. The lowest BCUT2D eigenvalue weighted by Gasteiger charge is -2.11. The molecule has 0 radical (unpaired) electrons. The average Bonchev–Trinajstić information content (AvgIpc) is 2.77. The summed E-state index contributed by atoms with van der Waals surface area (Å²) in [6.07, 6.45) is 0.515. The summed E-state index contributed by atoms with van der Waals surface area (Å²) in [6, 6.07) is 4.87. The molecule has 0 aromatic heterocycles. The second-order valence-corrected chi connectivity index (χ2v) is 3.90. The van der Waals surface area contributed by atoms with Gasteiger partial charge in [-0.2, -0.15) is 0 Å². The van der Waals surface area contributed by atoms with Crippen molar-refractivity contribution in [3.05, 3.63) is 29.0 Å². The maximum absolute atomic E-state index is 13.4. The highest BCUT2D eigenvalue weighted by Gasteiger charge is 2.15. The molecule has 1 saturated heterocycles. The van der Waals surface area contributed by atoms with Gasteiger partial charge in [-0.1, -0.05) is 17.7 Å². The second kappa shape index (κ2) is 5.48. The third-order valence-corrected chi connectivity index (χ3v) is 2.63. The summed E-state index contributed by atoms with van der Waals surface area (Å²) >= 11 is 5.66. The molecule has 0 bridgehead atoms. The Balaban J connectivity index is 1.82. The minimum absolute atomic E-state index is 0.123. The Morgan fingerprint density at radius 3 is 2.88 bits per heavy atom. The van der Waals surface area contributed by atoms with Gasteiger partial charge in [0.15, 0.2) is 12.1 Å². The van der Waals surface area contributed by atoms with E-state index in [4.69, 9.17) is 21.1 Å². The van der Waals surface area contributed by atoms with Gasteiger partial charge >= 0.3 is 0 Å². The summed E-state index contributed by atoms with van der Waals surface area (Å²) in [6.45, 7) is 1.86. The van der Waals surface area contributed by atoms with Crippen LogP contribution in [-0.4, -0.2) is 26.0 Å². The zero-order valence-corrected chi connectivity index (χ0v) is 9.47. The van der Waals surface area contributed by atoms with Crippen molar-refractivity contribution < 1.29 is 13.9 Å². The molecule has 1 aromatic rings. The molecule has 1 aliphatic rings. The molecule has 0 aliphatic carbocycles. The molecule has 0 unspecified atom stereocenters. The Morgan fingerprint density at radius 2 is 2.12 bits per heavy atom. The van der Waals surface area contributed by atoms with Gasteiger partial charge in [0.05, 0.1) is 23.9 Å². The van der Waals surface area contributed by atoms with E-state index in [2.05, 4.69) is 5.32 Å². The molecule has 1 heterocycles. The first-order valence-electron chi connectivity index (χ1n) is 5.18. The molecule has 0 saturated carbocycles. The summed E-state index contributed by atoms with van der Waals surface area (Å²) in [4.78, 5) is 0. The molecule has 5 heteroatoms. The van der Waals surface area contributed by atoms with Crippen LogP contribution >= 0.6 is 11.6 Å². The molecule has 16 heavy (non-hydrogen) atoms. The molecule has 0 spiro atoms. The van der Waals surface area contributed by atoms with Crippen molar-refractivity contribution in [1.82, 2.24) is 0 Å². The summed E-state index contributed by atoms with van der Waals surface area (Å²) in [5.41, 5.74) is 0.408. The fourth-order valence-corrected chi connectivity index (χ4v) is 1.71. The normalized spacial score (nSPS) is 16.6. The number of ether oxygens (including phenoxy) is 2. The van der Waals surface area contributed by atoms with Crippen molar-refractivity contribution in [1.29, 1.82) is 0 Å². The molecule has 0 amide bonds. The van der Waals surface area contributed by atoms with Crippen LogP contribution in [0.15, 0.2) is 18.2 Å².